The quantitative estimate of drug-likeness (QED) is 0.503. The summed E-state index contributed by atoms with van der Waals surface area (Å²) in [7, 11) is 0. The molecule has 2 aromatic carbocycles. The van der Waals surface area contributed by atoms with Gasteiger partial charge in [-0.2, -0.15) is 0 Å². The summed E-state index contributed by atoms with van der Waals surface area (Å²) in [6, 6.07) is 11.2. The fourth-order valence-electron chi connectivity index (χ4n) is 2.96. The molecule has 0 saturated carbocycles. The minimum absolute atomic E-state index is 0.254. The van der Waals surface area contributed by atoms with Crippen LogP contribution in [0.2, 0.25) is 0 Å². The molecule has 3 rings (SSSR count). The summed E-state index contributed by atoms with van der Waals surface area (Å²) in [5.74, 6) is -0.288. The minimum atomic E-state index is -0.493. The Hall–Kier alpha value is -2.58. The van der Waals surface area contributed by atoms with Gasteiger partial charge in [0.25, 0.3) is 11.1 Å². The molecule has 1 aliphatic heterocycles. The summed E-state index contributed by atoms with van der Waals surface area (Å²) in [4.78, 5) is 39.0. The lowest BCUT2D eigenvalue weighted by atomic mass is 10.1. The van der Waals surface area contributed by atoms with Crippen molar-refractivity contribution in [3.8, 4) is 5.75 Å². The zero-order valence-electron chi connectivity index (χ0n) is 17.5. The number of nitrogens with zero attached hydrogens (tertiary/aromatic N) is 1. The Labute approximate surface area is 194 Å². The number of benzene rings is 2. The normalized spacial score (nSPS) is 15.0. The number of anilines is 1. The molecule has 1 N–H and O–H groups in total. The molecule has 6 nitrogen and oxygen atoms in total. The average Bonchev–Trinajstić information content (AvgIpc) is 2.97. The number of ether oxygens (including phenoxy) is 1. The van der Waals surface area contributed by atoms with Gasteiger partial charge in [-0.05, 0) is 73.5 Å². The SMILES string of the molecule is CCCOc1ccc(Br)cc1/C=C1/SC(=O)N(CC(=O)Nc2cc(C)ccc2C)C1=O. The molecule has 2 aromatic rings. The van der Waals surface area contributed by atoms with E-state index in [-0.39, 0.29) is 11.4 Å². The topological polar surface area (TPSA) is 75.7 Å². The number of amides is 3. The molecule has 0 unspecified atom stereocenters. The highest BCUT2D eigenvalue weighted by Gasteiger charge is 2.36. The van der Waals surface area contributed by atoms with Crippen molar-refractivity contribution in [1.29, 1.82) is 0 Å². The fourth-order valence-corrected chi connectivity index (χ4v) is 4.16. The number of imide groups is 1. The van der Waals surface area contributed by atoms with E-state index >= 15 is 0 Å². The van der Waals surface area contributed by atoms with E-state index in [1.807, 2.05) is 57.2 Å². The van der Waals surface area contributed by atoms with Gasteiger partial charge in [-0.3, -0.25) is 19.3 Å². The molecule has 0 atom stereocenters. The average molecular weight is 503 g/mol. The Kier molecular flexibility index (Phi) is 7.56. The third-order valence-electron chi connectivity index (χ3n) is 4.56. The molecule has 1 fully saturated rings. The van der Waals surface area contributed by atoms with Crippen LogP contribution in [0.4, 0.5) is 10.5 Å². The first-order valence-corrected chi connectivity index (χ1v) is 11.4. The van der Waals surface area contributed by atoms with Crippen molar-refractivity contribution < 1.29 is 19.1 Å². The van der Waals surface area contributed by atoms with Crippen LogP contribution in [0.15, 0.2) is 45.8 Å². The van der Waals surface area contributed by atoms with E-state index in [0.29, 0.717) is 23.6 Å². The standard InChI is InChI=1S/C23H23BrN2O4S/c1-4-9-30-19-8-7-17(24)11-16(19)12-20-22(28)26(23(29)31-20)13-21(27)25-18-10-14(2)5-6-15(18)3/h5-8,10-12H,4,9,13H2,1-3H3,(H,25,27)/b20-12+. The maximum absolute atomic E-state index is 12.8. The van der Waals surface area contributed by atoms with Gasteiger partial charge in [-0.25, -0.2) is 0 Å². The monoisotopic (exact) mass is 502 g/mol. The molecule has 8 heteroatoms. The lowest BCUT2D eigenvalue weighted by Gasteiger charge is -2.14. The summed E-state index contributed by atoms with van der Waals surface area (Å²) >= 11 is 4.24. The predicted molar refractivity (Wildman–Crippen MR) is 127 cm³/mol. The molecule has 1 saturated heterocycles. The first kappa shape index (κ1) is 23.1. The van der Waals surface area contributed by atoms with E-state index < -0.39 is 17.1 Å². The predicted octanol–water partition coefficient (Wildman–Crippen LogP) is 5.53. The largest absolute Gasteiger partial charge is 0.493 e. The van der Waals surface area contributed by atoms with Gasteiger partial charge in [0.1, 0.15) is 12.3 Å². The van der Waals surface area contributed by atoms with Crippen LogP contribution in [0.25, 0.3) is 6.08 Å². The van der Waals surface area contributed by atoms with E-state index in [2.05, 4.69) is 21.2 Å². The van der Waals surface area contributed by atoms with Crippen LogP contribution < -0.4 is 10.1 Å². The number of thioether (sulfide) groups is 1. The molecule has 162 valence electrons. The Morgan fingerprint density at radius 3 is 2.71 bits per heavy atom. The van der Waals surface area contributed by atoms with Crippen molar-refractivity contribution in [1.82, 2.24) is 4.90 Å². The number of halogens is 1. The Morgan fingerprint density at radius 2 is 1.97 bits per heavy atom. The van der Waals surface area contributed by atoms with Gasteiger partial charge in [0.2, 0.25) is 5.91 Å². The molecule has 1 aliphatic rings. The first-order chi connectivity index (χ1) is 14.8. The van der Waals surface area contributed by atoms with E-state index in [1.54, 1.807) is 6.08 Å². The van der Waals surface area contributed by atoms with Crippen molar-refractivity contribution >= 4 is 56.5 Å². The molecule has 1 heterocycles. The Bertz CT molecular complexity index is 1070. The van der Waals surface area contributed by atoms with Crippen LogP contribution in [0.1, 0.15) is 30.0 Å². The van der Waals surface area contributed by atoms with Gasteiger partial charge in [0.15, 0.2) is 0 Å². The van der Waals surface area contributed by atoms with Crippen LogP contribution in [0.5, 0.6) is 5.75 Å². The third-order valence-corrected chi connectivity index (χ3v) is 5.96. The van der Waals surface area contributed by atoms with Gasteiger partial charge in [-0.1, -0.05) is 35.0 Å². The van der Waals surface area contributed by atoms with Crippen molar-refractivity contribution in [2.75, 3.05) is 18.5 Å². The number of carbonyl (C=O) groups is 3. The Morgan fingerprint density at radius 1 is 1.19 bits per heavy atom. The van der Waals surface area contributed by atoms with Gasteiger partial charge < -0.3 is 10.1 Å². The molecule has 0 spiro atoms. The van der Waals surface area contributed by atoms with Crippen LogP contribution in [0.3, 0.4) is 0 Å². The summed E-state index contributed by atoms with van der Waals surface area (Å²) in [6.45, 7) is 6.02. The molecule has 0 aliphatic carbocycles. The molecular formula is C23H23BrN2O4S. The van der Waals surface area contributed by atoms with Crippen molar-refractivity contribution in [3.05, 3.63) is 62.5 Å². The lowest BCUT2D eigenvalue weighted by Crippen LogP contribution is -2.36. The minimum Gasteiger partial charge on any atom is -0.493 e. The zero-order valence-corrected chi connectivity index (χ0v) is 19.9. The smallest absolute Gasteiger partial charge is 0.294 e. The first-order valence-electron chi connectivity index (χ1n) is 9.83. The number of rotatable bonds is 7. The second-order valence-corrected chi connectivity index (χ2v) is 9.07. The summed E-state index contributed by atoms with van der Waals surface area (Å²) < 4.78 is 6.57. The number of carbonyl (C=O) groups excluding carboxylic acids is 3. The maximum Gasteiger partial charge on any atom is 0.294 e. The number of hydrogen-bond donors (Lipinski definition) is 1. The summed E-state index contributed by atoms with van der Waals surface area (Å²) in [5, 5.41) is 2.31. The van der Waals surface area contributed by atoms with E-state index in [4.69, 9.17) is 4.74 Å². The molecule has 3 amide bonds. The van der Waals surface area contributed by atoms with Crippen molar-refractivity contribution in [2.45, 2.75) is 27.2 Å². The molecule has 0 bridgehead atoms. The zero-order chi connectivity index (χ0) is 22.5. The van der Waals surface area contributed by atoms with Crippen LogP contribution >= 0.6 is 27.7 Å². The number of nitrogens with one attached hydrogen (secondary N) is 1. The van der Waals surface area contributed by atoms with Gasteiger partial charge in [-0.15, -0.1) is 0 Å². The van der Waals surface area contributed by atoms with Crippen LogP contribution in [-0.2, 0) is 9.59 Å². The number of hydrogen-bond acceptors (Lipinski definition) is 5. The van der Waals surface area contributed by atoms with Gasteiger partial charge in [0, 0.05) is 15.7 Å². The summed E-state index contributed by atoms with van der Waals surface area (Å²) in [6.07, 6.45) is 2.48. The van der Waals surface area contributed by atoms with Crippen molar-refractivity contribution in [3.63, 3.8) is 0 Å². The highest BCUT2D eigenvalue weighted by atomic mass is 79.9. The second-order valence-electron chi connectivity index (χ2n) is 7.17. The van der Waals surface area contributed by atoms with E-state index in [1.165, 1.54) is 0 Å². The van der Waals surface area contributed by atoms with Crippen LogP contribution in [0, 0.1) is 13.8 Å². The van der Waals surface area contributed by atoms with Gasteiger partial charge in [0.05, 0.1) is 11.5 Å². The third kappa shape index (κ3) is 5.77. The molecule has 0 aromatic heterocycles. The van der Waals surface area contributed by atoms with Gasteiger partial charge >= 0.3 is 0 Å². The van der Waals surface area contributed by atoms with E-state index in [0.717, 1.165) is 38.7 Å². The molecular weight excluding hydrogens is 480 g/mol. The highest BCUT2D eigenvalue weighted by Crippen LogP contribution is 2.35. The van der Waals surface area contributed by atoms with Crippen molar-refractivity contribution in [2.24, 2.45) is 0 Å². The van der Waals surface area contributed by atoms with Crippen LogP contribution in [-0.4, -0.2) is 35.1 Å². The molecule has 0 radical (unpaired) electrons. The maximum atomic E-state index is 12.8. The second kappa shape index (κ2) is 10.2. The Balaban J connectivity index is 1.76. The van der Waals surface area contributed by atoms with E-state index in [9.17, 15) is 14.4 Å². The number of aryl methyl sites for hydroxylation is 2. The molecule has 31 heavy (non-hydrogen) atoms. The summed E-state index contributed by atoms with van der Waals surface area (Å²) in [5.41, 5.74) is 3.26. The lowest BCUT2D eigenvalue weighted by molar-refractivity contribution is -0.127. The fraction of sp³-hybridized carbons (Fsp3) is 0.261. The highest BCUT2D eigenvalue weighted by molar-refractivity contribution is 9.10.